The van der Waals surface area contributed by atoms with Crippen LogP contribution >= 0.6 is 22.9 Å². The van der Waals surface area contributed by atoms with Crippen LogP contribution in [0.3, 0.4) is 0 Å². The Labute approximate surface area is 208 Å². The van der Waals surface area contributed by atoms with Crippen molar-refractivity contribution < 1.29 is 13.2 Å². The van der Waals surface area contributed by atoms with Crippen LogP contribution in [0, 0.1) is 0 Å². The molecule has 0 saturated carbocycles. The molecule has 0 fully saturated rings. The zero-order chi connectivity index (χ0) is 24.3. The van der Waals surface area contributed by atoms with E-state index in [1.165, 1.54) is 35.6 Å². The van der Waals surface area contributed by atoms with Gasteiger partial charge in [0.05, 0.1) is 27.4 Å². The van der Waals surface area contributed by atoms with Gasteiger partial charge in [-0.3, -0.25) is 9.69 Å². The van der Waals surface area contributed by atoms with Gasteiger partial charge in [-0.05, 0) is 47.4 Å². The molecule has 0 saturated heterocycles. The van der Waals surface area contributed by atoms with Gasteiger partial charge in [0.2, 0.25) is 5.91 Å². The quantitative estimate of drug-likeness (QED) is 0.271. The van der Waals surface area contributed by atoms with Gasteiger partial charge in [0.25, 0.3) is 0 Å². The zero-order valence-corrected chi connectivity index (χ0v) is 21.3. The number of aromatic nitrogens is 1. The minimum atomic E-state index is -3.63. The van der Waals surface area contributed by atoms with E-state index in [0.717, 1.165) is 21.3 Å². The molecule has 0 spiro atoms. The predicted molar refractivity (Wildman–Crippen MR) is 139 cm³/mol. The Morgan fingerprint density at radius 1 is 1.00 bits per heavy atom. The monoisotopic (exact) mass is 512 g/mol. The summed E-state index contributed by atoms with van der Waals surface area (Å²) in [5.74, 6) is -0.283. The van der Waals surface area contributed by atoms with Crippen molar-refractivity contribution in [3.05, 3.63) is 88.9 Å². The fraction of sp³-hybridized carbons (Fsp3) is 0.231. The Morgan fingerprint density at radius 3 is 2.38 bits per heavy atom. The van der Waals surface area contributed by atoms with E-state index in [1.54, 1.807) is 4.90 Å². The van der Waals surface area contributed by atoms with Crippen LogP contribution in [-0.4, -0.2) is 25.1 Å². The van der Waals surface area contributed by atoms with Gasteiger partial charge in [0.1, 0.15) is 0 Å². The number of thiazole rings is 1. The van der Waals surface area contributed by atoms with E-state index in [-0.39, 0.29) is 23.0 Å². The fourth-order valence-electron chi connectivity index (χ4n) is 3.68. The highest BCUT2D eigenvalue weighted by molar-refractivity contribution is 7.91. The minimum Gasteiger partial charge on any atom is -0.284 e. The number of amides is 1. The van der Waals surface area contributed by atoms with Crippen molar-refractivity contribution in [1.29, 1.82) is 0 Å². The molecule has 0 aliphatic heterocycles. The first-order valence-electron chi connectivity index (χ1n) is 11.0. The van der Waals surface area contributed by atoms with Gasteiger partial charge in [-0.1, -0.05) is 79.2 Å². The Morgan fingerprint density at radius 2 is 1.71 bits per heavy atom. The summed E-state index contributed by atoms with van der Waals surface area (Å²) in [6.45, 7) is 4.54. The number of hydrogen-bond acceptors (Lipinski definition) is 5. The second-order valence-electron chi connectivity index (χ2n) is 8.33. The maximum absolute atomic E-state index is 13.4. The average Bonchev–Trinajstić information content (AvgIpc) is 3.26. The number of nitrogens with zero attached hydrogens (tertiary/aromatic N) is 2. The van der Waals surface area contributed by atoms with Crippen molar-refractivity contribution in [2.45, 2.75) is 37.6 Å². The molecule has 0 aliphatic carbocycles. The smallest absolute Gasteiger partial charge is 0.230 e. The van der Waals surface area contributed by atoms with Crippen LogP contribution in [0.15, 0.2) is 77.7 Å². The third kappa shape index (κ3) is 5.49. The van der Waals surface area contributed by atoms with Crippen molar-refractivity contribution in [3.63, 3.8) is 0 Å². The van der Waals surface area contributed by atoms with Crippen LogP contribution in [0.2, 0.25) is 5.02 Å². The summed E-state index contributed by atoms with van der Waals surface area (Å²) in [4.78, 5) is 20.0. The van der Waals surface area contributed by atoms with Crippen molar-refractivity contribution in [2.75, 3.05) is 10.7 Å². The first-order chi connectivity index (χ1) is 16.2. The number of para-hydroxylation sites is 1. The molecule has 0 atom stereocenters. The van der Waals surface area contributed by atoms with Crippen LogP contribution in [-0.2, 0) is 21.2 Å². The Hall–Kier alpha value is -2.74. The van der Waals surface area contributed by atoms with Crippen LogP contribution in [0.1, 0.15) is 37.3 Å². The number of anilines is 1. The van der Waals surface area contributed by atoms with Crippen LogP contribution in [0.25, 0.3) is 10.2 Å². The molecule has 176 valence electrons. The summed E-state index contributed by atoms with van der Waals surface area (Å²) in [5.41, 5.74) is 2.95. The molecule has 4 rings (SSSR count). The second kappa shape index (κ2) is 10.3. The average molecular weight is 513 g/mol. The van der Waals surface area contributed by atoms with Gasteiger partial charge in [0.15, 0.2) is 15.0 Å². The lowest BCUT2D eigenvalue weighted by Crippen LogP contribution is -2.31. The highest BCUT2D eigenvalue weighted by Gasteiger charge is 2.24. The molecule has 3 aromatic carbocycles. The number of rotatable bonds is 8. The van der Waals surface area contributed by atoms with E-state index < -0.39 is 9.84 Å². The fourth-order valence-corrected chi connectivity index (χ4v) is 6.06. The first kappa shape index (κ1) is 24.4. The second-order valence-corrected chi connectivity index (χ2v) is 11.9. The highest BCUT2D eigenvalue weighted by atomic mass is 35.5. The number of benzene rings is 3. The Bertz CT molecular complexity index is 1400. The maximum atomic E-state index is 13.4. The summed E-state index contributed by atoms with van der Waals surface area (Å²) in [6.07, 6.45) is -0.148. The predicted octanol–water partition coefficient (Wildman–Crippen LogP) is 6.47. The number of carbonyl (C=O) groups is 1. The van der Waals surface area contributed by atoms with Crippen molar-refractivity contribution in [1.82, 2.24) is 4.98 Å². The lowest BCUT2D eigenvalue weighted by Gasteiger charge is -2.20. The van der Waals surface area contributed by atoms with Gasteiger partial charge in [-0.2, -0.15) is 0 Å². The minimum absolute atomic E-state index is 0.148. The summed E-state index contributed by atoms with van der Waals surface area (Å²) < 4.78 is 26.6. The van der Waals surface area contributed by atoms with Crippen LogP contribution in [0.5, 0.6) is 0 Å². The van der Waals surface area contributed by atoms with Crippen molar-refractivity contribution in [3.8, 4) is 0 Å². The third-order valence-electron chi connectivity index (χ3n) is 5.53. The Balaban J connectivity index is 1.63. The summed E-state index contributed by atoms with van der Waals surface area (Å²) in [6, 6.07) is 21.7. The molecule has 5 nitrogen and oxygen atoms in total. The molecule has 0 bridgehead atoms. The summed E-state index contributed by atoms with van der Waals surface area (Å²) >= 11 is 7.32. The van der Waals surface area contributed by atoms with Gasteiger partial charge >= 0.3 is 0 Å². The largest absolute Gasteiger partial charge is 0.284 e. The standard InChI is InChI=1S/C26H25ClN2O3S2/c1-18(2)22-9-6-10-23-25(22)28-26(33-23)29(17-19-7-4-3-5-8-19)24(30)15-16-34(31,32)21-13-11-20(27)12-14-21/h3-14,18H,15-17H2,1-2H3. The molecular weight excluding hydrogens is 488 g/mol. The van der Waals surface area contributed by atoms with E-state index in [0.29, 0.717) is 22.6 Å². The topological polar surface area (TPSA) is 67.3 Å². The molecule has 34 heavy (non-hydrogen) atoms. The lowest BCUT2D eigenvalue weighted by atomic mass is 10.0. The van der Waals surface area contributed by atoms with E-state index in [9.17, 15) is 13.2 Å². The van der Waals surface area contributed by atoms with Crippen LogP contribution < -0.4 is 4.90 Å². The molecule has 1 heterocycles. The molecule has 8 heteroatoms. The first-order valence-corrected chi connectivity index (χ1v) is 13.8. The lowest BCUT2D eigenvalue weighted by molar-refractivity contribution is -0.118. The molecule has 0 radical (unpaired) electrons. The normalized spacial score (nSPS) is 11.8. The van der Waals surface area contributed by atoms with Gasteiger partial charge in [-0.25, -0.2) is 13.4 Å². The number of carbonyl (C=O) groups excluding carboxylic acids is 1. The number of hydrogen-bond donors (Lipinski definition) is 0. The maximum Gasteiger partial charge on any atom is 0.230 e. The van der Waals surface area contributed by atoms with Gasteiger partial charge in [0, 0.05) is 11.4 Å². The molecular formula is C26H25ClN2O3S2. The Kier molecular flexibility index (Phi) is 7.36. The molecule has 0 unspecified atom stereocenters. The highest BCUT2D eigenvalue weighted by Crippen LogP contribution is 2.34. The van der Waals surface area contributed by atoms with Gasteiger partial charge in [-0.15, -0.1) is 0 Å². The van der Waals surface area contributed by atoms with Crippen molar-refractivity contribution in [2.24, 2.45) is 0 Å². The number of fused-ring (bicyclic) bond motifs is 1. The third-order valence-corrected chi connectivity index (χ3v) is 8.56. The summed E-state index contributed by atoms with van der Waals surface area (Å²) in [5, 5.41) is 1.03. The molecule has 4 aromatic rings. The molecule has 1 aromatic heterocycles. The number of sulfone groups is 1. The van der Waals surface area contributed by atoms with E-state index in [2.05, 4.69) is 19.9 Å². The van der Waals surface area contributed by atoms with Crippen LogP contribution in [0.4, 0.5) is 5.13 Å². The zero-order valence-electron chi connectivity index (χ0n) is 18.9. The molecule has 0 N–H and O–H groups in total. The van der Waals surface area contributed by atoms with Gasteiger partial charge < -0.3 is 0 Å². The SMILES string of the molecule is CC(C)c1cccc2sc(N(Cc3ccccc3)C(=O)CCS(=O)(=O)c3ccc(Cl)cc3)nc12. The number of halogens is 1. The molecule has 0 aliphatic rings. The molecule has 1 amide bonds. The summed E-state index contributed by atoms with van der Waals surface area (Å²) in [7, 11) is -3.63. The van der Waals surface area contributed by atoms with E-state index >= 15 is 0 Å². The van der Waals surface area contributed by atoms with E-state index in [4.69, 9.17) is 16.6 Å². The van der Waals surface area contributed by atoms with E-state index in [1.807, 2.05) is 42.5 Å². The van der Waals surface area contributed by atoms with Crippen molar-refractivity contribution >= 4 is 54.0 Å².